The summed E-state index contributed by atoms with van der Waals surface area (Å²) < 4.78 is 13.8. The van der Waals surface area contributed by atoms with Gasteiger partial charge < -0.3 is 4.90 Å². The van der Waals surface area contributed by atoms with Crippen molar-refractivity contribution >= 4 is 28.4 Å². The molecule has 2 heterocycles. The van der Waals surface area contributed by atoms with E-state index in [4.69, 9.17) is 11.6 Å². The number of halogens is 2. The molecule has 3 aromatic rings. The summed E-state index contributed by atoms with van der Waals surface area (Å²) in [4.78, 5) is 19.0. The van der Waals surface area contributed by atoms with Crippen LogP contribution in [0, 0.1) is 11.2 Å². The maximum absolute atomic E-state index is 13.8. The van der Waals surface area contributed by atoms with Gasteiger partial charge in [0.25, 0.3) is 0 Å². The summed E-state index contributed by atoms with van der Waals surface area (Å²) in [5.74, 6) is 0.417. The monoisotopic (exact) mass is 422 g/mol. The standard InChI is InChI=1S/C25H24ClFN2O/c26-19-3-1-17(2-4-19)13-24(30)29-15-25(16-29)10-7-18(8-11-25)21-9-12-28-23-6-5-20(27)14-22(21)23/h1-6,9,12,14,18H,7-8,10-11,13,15-16H2. The Morgan fingerprint density at radius 2 is 1.83 bits per heavy atom. The summed E-state index contributed by atoms with van der Waals surface area (Å²) in [6, 6.07) is 14.4. The van der Waals surface area contributed by atoms with Gasteiger partial charge in [0.2, 0.25) is 5.91 Å². The smallest absolute Gasteiger partial charge is 0.227 e. The Bertz CT molecular complexity index is 1080. The predicted octanol–water partition coefficient (Wildman–Crippen LogP) is 5.76. The van der Waals surface area contributed by atoms with Crippen LogP contribution >= 0.6 is 11.6 Å². The predicted molar refractivity (Wildman–Crippen MR) is 117 cm³/mol. The fourth-order valence-electron chi connectivity index (χ4n) is 5.18. The van der Waals surface area contributed by atoms with Gasteiger partial charge in [0.05, 0.1) is 11.9 Å². The lowest BCUT2D eigenvalue weighted by molar-refractivity contribution is -0.145. The largest absolute Gasteiger partial charge is 0.341 e. The SMILES string of the molecule is O=C(Cc1ccc(Cl)cc1)N1CC2(CCC(c3ccnc4ccc(F)cc34)CC2)C1. The van der Waals surface area contributed by atoms with Gasteiger partial charge in [-0.05, 0) is 79.1 Å². The van der Waals surface area contributed by atoms with E-state index in [0.717, 1.165) is 55.2 Å². The Kier molecular flexibility index (Phi) is 4.98. The van der Waals surface area contributed by atoms with E-state index in [2.05, 4.69) is 4.98 Å². The van der Waals surface area contributed by atoms with Gasteiger partial charge in [-0.3, -0.25) is 9.78 Å². The minimum atomic E-state index is -0.210. The average molecular weight is 423 g/mol. The average Bonchev–Trinajstić information content (AvgIpc) is 2.73. The van der Waals surface area contributed by atoms with Crippen LogP contribution in [0.2, 0.25) is 5.02 Å². The van der Waals surface area contributed by atoms with Crippen molar-refractivity contribution in [2.24, 2.45) is 5.41 Å². The van der Waals surface area contributed by atoms with Crippen molar-refractivity contribution in [3.8, 4) is 0 Å². The van der Waals surface area contributed by atoms with Crippen molar-refractivity contribution in [2.45, 2.75) is 38.0 Å². The number of fused-ring (bicyclic) bond motifs is 1. The fourth-order valence-corrected chi connectivity index (χ4v) is 5.31. The molecule has 2 aliphatic rings. The normalized spacial score (nSPS) is 18.5. The van der Waals surface area contributed by atoms with Crippen LogP contribution in [0.5, 0.6) is 0 Å². The zero-order chi connectivity index (χ0) is 20.7. The van der Waals surface area contributed by atoms with E-state index in [0.29, 0.717) is 17.4 Å². The van der Waals surface area contributed by atoms with Crippen LogP contribution in [0.3, 0.4) is 0 Å². The van der Waals surface area contributed by atoms with Crippen molar-refractivity contribution in [1.29, 1.82) is 0 Å². The quantitative estimate of drug-likeness (QED) is 0.538. The summed E-state index contributed by atoms with van der Waals surface area (Å²) in [7, 11) is 0. The Morgan fingerprint density at radius 3 is 2.57 bits per heavy atom. The highest BCUT2D eigenvalue weighted by atomic mass is 35.5. The first-order chi connectivity index (χ1) is 14.5. The lowest BCUT2D eigenvalue weighted by Crippen LogP contribution is -2.59. The lowest BCUT2D eigenvalue weighted by atomic mass is 9.64. The molecule has 5 rings (SSSR count). The molecular formula is C25H24ClFN2O. The summed E-state index contributed by atoms with van der Waals surface area (Å²) >= 11 is 5.93. The Hall–Kier alpha value is -2.46. The number of amides is 1. The summed E-state index contributed by atoms with van der Waals surface area (Å²) in [5.41, 5.74) is 3.34. The van der Waals surface area contributed by atoms with Crippen LogP contribution in [0.15, 0.2) is 54.7 Å². The number of carbonyl (C=O) groups is 1. The van der Waals surface area contributed by atoms with Crippen LogP contribution < -0.4 is 0 Å². The molecule has 30 heavy (non-hydrogen) atoms. The Morgan fingerprint density at radius 1 is 1.10 bits per heavy atom. The van der Waals surface area contributed by atoms with Crippen molar-refractivity contribution in [3.05, 3.63) is 76.7 Å². The number of pyridine rings is 1. The summed E-state index contributed by atoms with van der Waals surface area (Å²) in [6.45, 7) is 1.72. The van der Waals surface area contributed by atoms with E-state index in [1.54, 1.807) is 12.1 Å². The second-order valence-corrected chi connectivity index (χ2v) is 9.33. The molecule has 3 nitrogen and oxygen atoms in total. The van der Waals surface area contributed by atoms with Gasteiger partial charge in [0.1, 0.15) is 5.82 Å². The van der Waals surface area contributed by atoms with Crippen LogP contribution in [0.4, 0.5) is 4.39 Å². The van der Waals surface area contributed by atoms with E-state index < -0.39 is 0 Å². The molecule has 0 radical (unpaired) electrons. The highest BCUT2D eigenvalue weighted by molar-refractivity contribution is 6.30. The fraction of sp³-hybridized carbons (Fsp3) is 0.360. The number of aromatic nitrogens is 1. The highest BCUT2D eigenvalue weighted by Gasteiger charge is 2.46. The summed E-state index contributed by atoms with van der Waals surface area (Å²) in [6.07, 6.45) is 6.65. The third-order valence-electron chi connectivity index (χ3n) is 6.90. The van der Waals surface area contributed by atoms with Crippen LogP contribution in [0.25, 0.3) is 10.9 Å². The van der Waals surface area contributed by atoms with E-state index in [1.807, 2.05) is 41.4 Å². The van der Waals surface area contributed by atoms with Gasteiger partial charge in [0.15, 0.2) is 0 Å². The van der Waals surface area contributed by atoms with Crippen LogP contribution in [-0.2, 0) is 11.2 Å². The molecule has 0 atom stereocenters. The molecule has 1 saturated heterocycles. The number of likely N-dealkylation sites (tertiary alicyclic amines) is 1. The molecule has 2 aromatic carbocycles. The first-order valence-electron chi connectivity index (χ1n) is 10.6. The van der Waals surface area contributed by atoms with E-state index >= 15 is 0 Å². The van der Waals surface area contributed by atoms with Gasteiger partial charge in [-0.1, -0.05) is 23.7 Å². The van der Waals surface area contributed by atoms with E-state index in [1.165, 1.54) is 11.6 Å². The third kappa shape index (κ3) is 3.69. The number of nitrogens with zero attached hydrogens (tertiary/aromatic N) is 2. The molecule has 154 valence electrons. The van der Waals surface area contributed by atoms with Gasteiger partial charge >= 0.3 is 0 Å². The molecule has 0 N–H and O–H groups in total. The molecule has 1 amide bonds. The third-order valence-corrected chi connectivity index (χ3v) is 7.15. The zero-order valence-corrected chi connectivity index (χ0v) is 17.5. The molecule has 1 aliphatic carbocycles. The Labute approximate surface area is 180 Å². The highest BCUT2D eigenvalue weighted by Crippen LogP contribution is 2.49. The maximum Gasteiger partial charge on any atom is 0.227 e. The number of hydrogen-bond acceptors (Lipinski definition) is 2. The van der Waals surface area contributed by atoms with Crippen LogP contribution in [-0.4, -0.2) is 28.9 Å². The van der Waals surface area contributed by atoms with Crippen LogP contribution in [0.1, 0.15) is 42.7 Å². The molecular weight excluding hydrogens is 399 g/mol. The number of rotatable bonds is 3. The molecule has 5 heteroatoms. The van der Waals surface area contributed by atoms with E-state index in [9.17, 15) is 9.18 Å². The lowest BCUT2D eigenvalue weighted by Gasteiger charge is -2.53. The molecule has 0 unspecified atom stereocenters. The number of carbonyl (C=O) groups excluding carboxylic acids is 1. The van der Waals surface area contributed by atoms with Crippen molar-refractivity contribution in [3.63, 3.8) is 0 Å². The second-order valence-electron chi connectivity index (χ2n) is 8.89. The molecule has 0 bridgehead atoms. The summed E-state index contributed by atoms with van der Waals surface area (Å²) in [5, 5.41) is 1.63. The first kappa shape index (κ1) is 19.5. The molecule has 2 fully saturated rings. The van der Waals surface area contributed by atoms with Crippen molar-refractivity contribution in [2.75, 3.05) is 13.1 Å². The number of hydrogen-bond donors (Lipinski definition) is 0. The Balaban J connectivity index is 1.21. The van der Waals surface area contributed by atoms with Gasteiger partial charge in [-0.15, -0.1) is 0 Å². The maximum atomic E-state index is 13.8. The van der Waals surface area contributed by atoms with E-state index in [-0.39, 0.29) is 17.1 Å². The molecule has 1 aromatic heterocycles. The minimum Gasteiger partial charge on any atom is -0.341 e. The van der Waals surface area contributed by atoms with Crippen molar-refractivity contribution in [1.82, 2.24) is 9.88 Å². The van der Waals surface area contributed by atoms with Gasteiger partial charge in [-0.25, -0.2) is 4.39 Å². The minimum absolute atomic E-state index is 0.195. The second kappa shape index (κ2) is 7.66. The molecule has 1 aliphatic heterocycles. The number of benzene rings is 2. The molecule has 1 saturated carbocycles. The zero-order valence-electron chi connectivity index (χ0n) is 16.8. The topological polar surface area (TPSA) is 33.2 Å². The molecule has 1 spiro atoms. The van der Waals surface area contributed by atoms with Crippen molar-refractivity contribution < 1.29 is 9.18 Å². The first-order valence-corrected chi connectivity index (χ1v) is 11.0. The van der Waals surface area contributed by atoms with Gasteiger partial charge in [-0.2, -0.15) is 0 Å². The van der Waals surface area contributed by atoms with Gasteiger partial charge in [0, 0.05) is 35.1 Å².